The van der Waals surface area contributed by atoms with E-state index in [2.05, 4.69) is 28.2 Å². The van der Waals surface area contributed by atoms with Gasteiger partial charge in [0.1, 0.15) is 23.7 Å². The Hall–Kier alpha value is -2.12. The van der Waals surface area contributed by atoms with Crippen LogP contribution in [-0.2, 0) is 10.3 Å². The summed E-state index contributed by atoms with van der Waals surface area (Å²) in [6.07, 6.45) is 11.4. The first-order valence-corrected chi connectivity index (χ1v) is 11.9. The van der Waals surface area contributed by atoms with E-state index in [1.54, 1.807) is 18.1 Å². The second kappa shape index (κ2) is 7.24. The monoisotopic (exact) mass is 422 g/mol. The fraction of sp³-hybridized carbons (Fsp3) is 0.522. The van der Waals surface area contributed by atoms with E-state index in [1.165, 1.54) is 12.8 Å². The van der Waals surface area contributed by atoms with Crippen LogP contribution in [0, 0.1) is 11.8 Å². The number of aliphatic imine (C=N–C) groups is 1. The highest BCUT2D eigenvalue weighted by atomic mass is 32.2. The molecule has 2 aliphatic carbocycles. The average molecular weight is 423 g/mol. The molecule has 30 heavy (non-hydrogen) atoms. The number of hydrogen-bond donors (Lipinski definition) is 1. The fourth-order valence-electron chi connectivity index (χ4n) is 5.19. The van der Waals surface area contributed by atoms with Crippen LogP contribution >= 0.6 is 11.8 Å². The maximum Gasteiger partial charge on any atom is 0.154 e. The summed E-state index contributed by atoms with van der Waals surface area (Å²) in [7, 11) is 0. The molecule has 156 valence electrons. The molecule has 7 heteroatoms. The lowest BCUT2D eigenvalue weighted by atomic mass is 9.67. The Morgan fingerprint density at radius 3 is 2.77 bits per heavy atom. The van der Waals surface area contributed by atoms with Crippen LogP contribution in [0.1, 0.15) is 37.7 Å². The van der Waals surface area contributed by atoms with E-state index in [4.69, 9.17) is 20.2 Å². The minimum absolute atomic E-state index is 0.166. The standard InChI is InChI=1S/C23H26N4O2S/c24-22-27-23(12-30-22)18-7-15(16-9-25-13-26-10-16)3-5-20(18)29-21-6-4-17(8-19(21)23)28-11-14-1-2-14/h3,5,7,9-10,13-14,17,19,21H,1-2,4,6,8,11-12H2,(H2,24,27). The van der Waals surface area contributed by atoms with Gasteiger partial charge in [0, 0.05) is 41.8 Å². The van der Waals surface area contributed by atoms with Crippen LogP contribution in [0.3, 0.4) is 0 Å². The molecule has 4 unspecified atom stereocenters. The molecule has 2 saturated carbocycles. The molecular formula is C23H26N4O2S. The van der Waals surface area contributed by atoms with Gasteiger partial charge in [0.05, 0.1) is 6.10 Å². The number of rotatable bonds is 4. The van der Waals surface area contributed by atoms with Crippen molar-refractivity contribution in [2.24, 2.45) is 22.6 Å². The Balaban J connectivity index is 1.38. The first-order valence-electron chi connectivity index (χ1n) is 10.9. The zero-order chi connectivity index (χ0) is 20.1. The number of ether oxygens (including phenoxy) is 2. The third-order valence-electron chi connectivity index (χ3n) is 6.98. The summed E-state index contributed by atoms with van der Waals surface area (Å²) in [5, 5.41) is 0.677. The van der Waals surface area contributed by atoms with E-state index in [0.29, 0.717) is 11.3 Å². The first kappa shape index (κ1) is 18.6. The molecule has 3 heterocycles. The molecule has 0 bridgehead atoms. The van der Waals surface area contributed by atoms with Gasteiger partial charge in [0.2, 0.25) is 0 Å². The predicted octanol–water partition coefficient (Wildman–Crippen LogP) is 3.76. The molecule has 1 spiro atoms. The third kappa shape index (κ3) is 3.19. The van der Waals surface area contributed by atoms with Gasteiger partial charge in [-0.05, 0) is 55.7 Å². The Morgan fingerprint density at radius 2 is 2.00 bits per heavy atom. The molecule has 2 aromatic rings. The molecule has 4 atom stereocenters. The largest absolute Gasteiger partial charge is 0.490 e. The van der Waals surface area contributed by atoms with Gasteiger partial charge in [0.25, 0.3) is 0 Å². The number of aromatic nitrogens is 2. The van der Waals surface area contributed by atoms with Gasteiger partial charge in [0.15, 0.2) is 5.17 Å². The smallest absolute Gasteiger partial charge is 0.154 e. The number of nitrogens with two attached hydrogens (primary N) is 1. The van der Waals surface area contributed by atoms with Crippen LogP contribution in [0.4, 0.5) is 0 Å². The highest BCUT2D eigenvalue weighted by Crippen LogP contribution is 2.55. The summed E-state index contributed by atoms with van der Waals surface area (Å²) in [6.45, 7) is 0.908. The molecule has 4 aliphatic rings. The van der Waals surface area contributed by atoms with Crippen molar-refractivity contribution in [3.63, 3.8) is 0 Å². The SMILES string of the molecule is NC1=NC2(CS1)c1cc(-c3cncnc3)ccc1OC1CCC(OCC3CC3)CC12. The summed E-state index contributed by atoms with van der Waals surface area (Å²) in [4.78, 5) is 13.4. The minimum Gasteiger partial charge on any atom is -0.490 e. The number of fused-ring (bicyclic) bond motifs is 4. The summed E-state index contributed by atoms with van der Waals surface area (Å²) < 4.78 is 12.8. The fourth-order valence-corrected chi connectivity index (χ4v) is 6.22. The Kier molecular flexibility index (Phi) is 4.49. The normalized spacial score (nSPS) is 32.3. The lowest BCUT2D eigenvalue weighted by molar-refractivity contribution is -0.0564. The van der Waals surface area contributed by atoms with Gasteiger partial charge in [-0.25, -0.2) is 15.0 Å². The second-order valence-corrected chi connectivity index (χ2v) is 9.97. The van der Waals surface area contributed by atoms with Crippen LogP contribution < -0.4 is 10.5 Å². The van der Waals surface area contributed by atoms with Crippen molar-refractivity contribution in [3.05, 3.63) is 42.5 Å². The van der Waals surface area contributed by atoms with Gasteiger partial charge in [-0.3, -0.25) is 0 Å². The van der Waals surface area contributed by atoms with Crippen LogP contribution in [0.5, 0.6) is 5.75 Å². The predicted molar refractivity (Wildman–Crippen MR) is 117 cm³/mol. The van der Waals surface area contributed by atoms with E-state index in [9.17, 15) is 0 Å². The molecule has 0 radical (unpaired) electrons. The zero-order valence-corrected chi connectivity index (χ0v) is 17.7. The van der Waals surface area contributed by atoms with Crippen LogP contribution in [0.15, 0.2) is 41.9 Å². The minimum atomic E-state index is -0.347. The van der Waals surface area contributed by atoms with Gasteiger partial charge in [-0.2, -0.15) is 0 Å². The third-order valence-corrected chi connectivity index (χ3v) is 7.96. The molecule has 6 rings (SSSR count). The summed E-state index contributed by atoms with van der Waals surface area (Å²) in [5.41, 5.74) is 9.10. The van der Waals surface area contributed by atoms with Crippen molar-refractivity contribution in [2.75, 3.05) is 12.4 Å². The van der Waals surface area contributed by atoms with Crippen molar-refractivity contribution in [1.82, 2.24) is 9.97 Å². The van der Waals surface area contributed by atoms with E-state index in [1.807, 2.05) is 12.4 Å². The first-order chi connectivity index (χ1) is 14.7. The van der Waals surface area contributed by atoms with Crippen LogP contribution in [0.2, 0.25) is 0 Å². The molecular weight excluding hydrogens is 396 g/mol. The van der Waals surface area contributed by atoms with Gasteiger partial charge < -0.3 is 15.2 Å². The van der Waals surface area contributed by atoms with Gasteiger partial charge >= 0.3 is 0 Å². The van der Waals surface area contributed by atoms with E-state index in [-0.39, 0.29) is 17.6 Å². The van der Waals surface area contributed by atoms with Crippen molar-refractivity contribution in [2.45, 2.75) is 49.9 Å². The number of nitrogens with zero attached hydrogens (tertiary/aromatic N) is 3. The molecule has 6 nitrogen and oxygen atoms in total. The molecule has 0 saturated heterocycles. The van der Waals surface area contributed by atoms with Crippen molar-refractivity contribution >= 4 is 16.9 Å². The summed E-state index contributed by atoms with van der Waals surface area (Å²) in [6, 6.07) is 6.38. The molecule has 2 fully saturated rings. The maximum absolute atomic E-state index is 6.53. The highest BCUT2D eigenvalue weighted by molar-refractivity contribution is 8.14. The number of benzene rings is 1. The van der Waals surface area contributed by atoms with Crippen molar-refractivity contribution in [1.29, 1.82) is 0 Å². The van der Waals surface area contributed by atoms with Gasteiger partial charge in [-0.15, -0.1) is 0 Å². The van der Waals surface area contributed by atoms with E-state index in [0.717, 1.165) is 60.0 Å². The van der Waals surface area contributed by atoms with Crippen LogP contribution in [0.25, 0.3) is 11.1 Å². The molecule has 1 aromatic heterocycles. The number of amidine groups is 1. The molecule has 2 N–H and O–H groups in total. The second-order valence-electron chi connectivity index (χ2n) is 8.98. The molecule has 0 amide bonds. The van der Waals surface area contributed by atoms with Crippen molar-refractivity contribution in [3.8, 4) is 16.9 Å². The van der Waals surface area contributed by atoms with Gasteiger partial charge in [-0.1, -0.05) is 17.8 Å². The summed E-state index contributed by atoms with van der Waals surface area (Å²) in [5.74, 6) is 2.86. The summed E-state index contributed by atoms with van der Waals surface area (Å²) >= 11 is 1.66. The van der Waals surface area contributed by atoms with E-state index < -0.39 is 0 Å². The molecule has 2 aliphatic heterocycles. The highest BCUT2D eigenvalue weighted by Gasteiger charge is 2.54. The quantitative estimate of drug-likeness (QED) is 0.808. The Morgan fingerprint density at radius 1 is 1.13 bits per heavy atom. The Bertz CT molecular complexity index is 980. The van der Waals surface area contributed by atoms with E-state index >= 15 is 0 Å². The van der Waals surface area contributed by atoms with Crippen LogP contribution in [-0.4, -0.2) is 39.7 Å². The number of hydrogen-bond acceptors (Lipinski definition) is 7. The Labute approximate surface area is 180 Å². The average Bonchev–Trinajstić information content (AvgIpc) is 3.54. The lowest BCUT2D eigenvalue weighted by Gasteiger charge is -2.48. The topological polar surface area (TPSA) is 82.6 Å². The lowest BCUT2D eigenvalue weighted by Crippen LogP contribution is -2.51. The maximum atomic E-state index is 6.53. The number of thioether (sulfide) groups is 1. The van der Waals surface area contributed by atoms with Crippen molar-refractivity contribution < 1.29 is 9.47 Å². The molecule has 1 aromatic carbocycles. The zero-order valence-electron chi connectivity index (χ0n) is 16.9.